The van der Waals surface area contributed by atoms with Crippen molar-refractivity contribution in [3.63, 3.8) is 0 Å². The Morgan fingerprint density at radius 2 is 2.15 bits per heavy atom. The lowest BCUT2D eigenvalue weighted by Gasteiger charge is -2.21. The largest absolute Gasteiger partial charge is 0.338 e. The lowest BCUT2D eigenvalue weighted by atomic mass is 10.1. The van der Waals surface area contributed by atoms with Crippen molar-refractivity contribution in [3.8, 4) is 11.4 Å². The van der Waals surface area contributed by atoms with Crippen molar-refractivity contribution >= 4 is 0 Å². The second-order valence-electron chi connectivity index (χ2n) is 5.44. The molecular formula is C15H20N4O. The summed E-state index contributed by atoms with van der Waals surface area (Å²) in [6.45, 7) is 4.89. The zero-order chi connectivity index (χ0) is 13.9. The van der Waals surface area contributed by atoms with Gasteiger partial charge in [-0.1, -0.05) is 35.0 Å². The summed E-state index contributed by atoms with van der Waals surface area (Å²) in [5.41, 5.74) is 2.22. The maximum Gasteiger partial charge on any atom is 0.241 e. The normalized spacial score (nSPS) is 18.9. The number of aromatic nitrogens is 2. The third-order valence-corrected chi connectivity index (χ3v) is 3.82. The Bertz CT molecular complexity index is 558. The molecule has 5 heteroatoms. The van der Waals surface area contributed by atoms with Crippen molar-refractivity contribution < 1.29 is 4.52 Å². The van der Waals surface area contributed by atoms with Gasteiger partial charge < -0.3 is 9.84 Å². The number of hydrogen-bond acceptors (Lipinski definition) is 5. The Balaban J connectivity index is 1.68. The molecule has 2 heterocycles. The van der Waals surface area contributed by atoms with E-state index in [9.17, 15) is 0 Å². The van der Waals surface area contributed by atoms with Crippen LogP contribution in [0.2, 0.25) is 0 Å². The minimum Gasteiger partial charge on any atom is -0.338 e. The molecule has 0 spiro atoms. The molecule has 1 N–H and O–H groups in total. The number of nitrogens with one attached hydrogen (secondary N) is 1. The van der Waals surface area contributed by atoms with E-state index in [1.165, 1.54) is 12.0 Å². The topological polar surface area (TPSA) is 54.2 Å². The Kier molecular flexibility index (Phi) is 3.80. The van der Waals surface area contributed by atoms with Crippen LogP contribution >= 0.6 is 0 Å². The first-order chi connectivity index (χ1) is 9.72. The van der Waals surface area contributed by atoms with Crippen LogP contribution < -0.4 is 5.32 Å². The number of nitrogens with zero attached hydrogens (tertiary/aromatic N) is 3. The molecule has 1 aliphatic heterocycles. The predicted octanol–water partition coefficient (Wildman–Crippen LogP) is 1.84. The number of likely N-dealkylation sites (N-methyl/N-ethyl adjacent to an activating group) is 1. The van der Waals surface area contributed by atoms with E-state index in [0.29, 0.717) is 24.3 Å². The monoisotopic (exact) mass is 272 g/mol. The van der Waals surface area contributed by atoms with Gasteiger partial charge in [0.15, 0.2) is 0 Å². The van der Waals surface area contributed by atoms with Gasteiger partial charge in [0.2, 0.25) is 11.7 Å². The smallest absolute Gasteiger partial charge is 0.241 e. The van der Waals surface area contributed by atoms with Crippen LogP contribution in [-0.2, 0) is 6.54 Å². The average molecular weight is 272 g/mol. The molecule has 0 radical (unpaired) electrons. The molecule has 1 fully saturated rings. The number of aryl methyl sites for hydroxylation is 1. The second-order valence-corrected chi connectivity index (χ2v) is 5.44. The fourth-order valence-electron chi connectivity index (χ4n) is 2.50. The number of hydrogen-bond donors (Lipinski definition) is 1. The molecule has 20 heavy (non-hydrogen) atoms. The first-order valence-corrected chi connectivity index (χ1v) is 7.03. The lowest BCUT2D eigenvalue weighted by Crippen LogP contribution is -2.32. The minimum atomic E-state index is 0.560. The fourth-order valence-corrected chi connectivity index (χ4v) is 2.50. The maximum absolute atomic E-state index is 5.36. The van der Waals surface area contributed by atoms with Crippen LogP contribution in [-0.4, -0.2) is 41.2 Å². The van der Waals surface area contributed by atoms with Gasteiger partial charge in [0.25, 0.3) is 0 Å². The van der Waals surface area contributed by atoms with Gasteiger partial charge in [0, 0.05) is 18.2 Å². The minimum absolute atomic E-state index is 0.560. The molecule has 1 aromatic carbocycles. The van der Waals surface area contributed by atoms with Gasteiger partial charge in [0.05, 0.1) is 6.54 Å². The van der Waals surface area contributed by atoms with Crippen LogP contribution in [0, 0.1) is 6.92 Å². The van der Waals surface area contributed by atoms with Crippen LogP contribution in [0.3, 0.4) is 0 Å². The van der Waals surface area contributed by atoms with Crippen LogP contribution in [0.1, 0.15) is 17.9 Å². The van der Waals surface area contributed by atoms with E-state index in [4.69, 9.17) is 4.52 Å². The third kappa shape index (κ3) is 2.89. The van der Waals surface area contributed by atoms with Crippen molar-refractivity contribution in [2.75, 3.05) is 20.1 Å². The Hall–Kier alpha value is -1.72. The van der Waals surface area contributed by atoms with E-state index >= 15 is 0 Å². The van der Waals surface area contributed by atoms with E-state index in [0.717, 1.165) is 18.7 Å². The molecule has 3 rings (SSSR count). The Labute approximate surface area is 119 Å². The van der Waals surface area contributed by atoms with Crippen LogP contribution in [0.4, 0.5) is 0 Å². The molecule has 2 aromatic rings. The molecule has 106 valence electrons. The summed E-state index contributed by atoms with van der Waals surface area (Å²) >= 11 is 0. The highest BCUT2D eigenvalue weighted by Crippen LogP contribution is 2.17. The van der Waals surface area contributed by atoms with Gasteiger partial charge in [-0.25, -0.2) is 0 Å². The highest BCUT2D eigenvalue weighted by molar-refractivity contribution is 5.54. The fraction of sp³-hybridized carbons (Fsp3) is 0.467. The Morgan fingerprint density at radius 1 is 1.35 bits per heavy atom. The van der Waals surface area contributed by atoms with E-state index < -0.39 is 0 Å². The molecule has 5 nitrogen and oxygen atoms in total. The standard InChI is InChI=1S/C15H20N4O/c1-11-3-5-12(6-4-11)15-17-14(20-18-15)10-19(2)13-7-8-16-9-13/h3-6,13,16H,7-10H2,1-2H3. The van der Waals surface area contributed by atoms with Crippen LogP contribution in [0.25, 0.3) is 11.4 Å². The summed E-state index contributed by atoms with van der Waals surface area (Å²) < 4.78 is 5.36. The first kappa shape index (κ1) is 13.3. The summed E-state index contributed by atoms with van der Waals surface area (Å²) in [6, 6.07) is 8.72. The number of benzene rings is 1. The molecule has 0 amide bonds. The molecule has 1 aromatic heterocycles. The van der Waals surface area contributed by atoms with Crippen molar-refractivity contribution in [3.05, 3.63) is 35.7 Å². The summed E-state index contributed by atoms with van der Waals surface area (Å²) in [4.78, 5) is 6.75. The zero-order valence-electron chi connectivity index (χ0n) is 12.0. The Morgan fingerprint density at radius 3 is 2.85 bits per heavy atom. The van der Waals surface area contributed by atoms with Crippen molar-refractivity contribution in [1.82, 2.24) is 20.4 Å². The highest BCUT2D eigenvalue weighted by atomic mass is 16.5. The number of rotatable bonds is 4. The lowest BCUT2D eigenvalue weighted by molar-refractivity contribution is 0.214. The summed E-state index contributed by atoms with van der Waals surface area (Å²) in [6.07, 6.45) is 1.18. The van der Waals surface area contributed by atoms with Crippen molar-refractivity contribution in [2.24, 2.45) is 0 Å². The van der Waals surface area contributed by atoms with Crippen LogP contribution in [0.5, 0.6) is 0 Å². The highest BCUT2D eigenvalue weighted by Gasteiger charge is 2.21. The van der Waals surface area contributed by atoms with Gasteiger partial charge in [0.1, 0.15) is 0 Å². The third-order valence-electron chi connectivity index (χ3n) is 3.82. The molecule has 1 unspecified atom stereocenters. The summed E-state index contributed by atoms with van der Waals surface area (Å²) in [5, 5.41) is 7.43. The van der Waals surface area contributed by atoms with Gasteiger partial charge in [-0.2, -0.15) is 4.98 Å². The molecule has 1 atom stereocenters. The average Bonchev–Trinajstić information content (AvgIpc) is 3.10. The van der Waals surface area contributed by atoms with E-state index in [1.54, 1.807) is 0 Å². The SMILES string of the molecule is Cc1ccc(-c2noc(CN(C)C3CCNC3)n2)cc1. The zero-order valence-corrected chi connectivity index (χ0v) is 12.0. The molecule has 0 aliphatic carbocycles. The molecule has 0 saturated carbocycles. The van der Waals surface area contributed by atoms with Crippen LogP contribution in [0.15, 0.2) is 28.8 Å². The maximum atomic E-state index is 5.36. The van der Waals surface area contributed by atoms with E-state index in [-0.39, 0.29) is 0 Å². The van der Waals surface area contributed by atoms with Gasteiger partial charge in [-0.3, -0.25) is 4.90 Å². The molecule has 1 saturated heterocycles. The van der Waals surface area contributed by atoms with Gasteiger partial charge in [-0.15, -0.1) is 0 Å². The van der Waals surface area contributed by atoms with E-state index in [1.807, 2.05) is 12.1 Å². The first-order valence-electron chi connectivity index (χ1n) is 7.03. The quantitative estimate of drug-likeness (QED) is 0.920. The van der Waals surface area contributed by atoms with Gasteiger partial charge >= 0.3 is 0 Å². The van der Waals surface area contributed by atoms with Crippen molar-refractivity contribution in [2.45, 2.75) is 25.9 Å². The van der Waals surface area contributed by atoms with Gasteiger partial charge in [-0.05, 0) is 26.9 Å². The predicted molar refractivity (Wildman–Crippen MR) is 77.2 cm³/mol. The van der Waals surface area contributed by atoms with Crippen molar-refractivity contribution in [1.29, 1.82) is 0 Å². The summed E-state index contributed by atoms with van der Waals surface area (Å²) in [5.74, 6) is 1.34. The van der Waals surface area contributed by atoms with E-state index in [2.05, 4.69) is 46.5 Å². The molecule has 0 bridgehead atoms. The molecule has 1 aliphatic rings. The summed E-state index contributed by atoms with van der Waals surface area (Å²) in [7, 11) is 2.10. The molecular weight excluding hydrogens is 252 g/mol. The second kappa shape index (κ2) is 5.73.